The van der Waals surface area contributed by atoms with Gasteiger partial charge >= 0.3 is 12.2 Å². The molecule has 0 saturated carbocycles. The van der Waals surface area contributed by atoms with Gasteiger partial charge in [0.1, 0.15) is 5.75 Å². The quantitative estimate of drug-likeness (QED) is 0.849. The summed E-state index contributed by atoms with van der Waals surface area (Å²) in [5.41, 5.74) is -0.156. The molecule has 2 aromatic rings. The van der Waals surface area contributed by atoms with Crippen molar-refractivity contribution in [3.8, 4) is 5.75 Å². The lowest BCUT2D eigenvalue weighted by atomic mass is 10.2. The number of carbonyl (C=O) groups excluding carboxylic acids is 1. The van der Waals surface area contributed by atoms with Crippen molar-refractivity contribution < 1.29 is 23.1 Å². The number of carbonyl (C=O) groups is 1. The Labute approximate surface area is 145 Å². The van der Waals surface area contributed by atoms with Crippen molar-refractivity contribution in [3.63, 3.8) is 0 Å². The maximum atomic E-state index is 12.5. The fraction of sp³-hybridized carbons (Fsp3) is 0.333. The van der Waals surface area contributed by atoms with E-state index in [1.807, 2.05) is 11.0 Å². The van der Waals surface area contributed by atoms with E-state index in [0.29, 0.717) is 26.2 Å². The molecule has 0 aliphatic carbocycles. The van der Waals surface area contributed by atoms with Gasteiger partial charge in [-0.25, -0.2) is 9.78 Å². The first-order chi connectivity index (χ1) is 11.8. The molecule has 3 rings (SSSR count). The second-order valence-corrected chi connectivity index (χ2v) is 6.32. The number of phenolic OH excluding ortho intramolecular Hbond substituents is 1. The molecule has 0 unspecified atom stereocenters. The summed E-state index contributed by atoms with van der Waals surface area (Å²) in [4.78, 5) is 19.1. The van der Waals surface area contributed by atoms with E-state index >= 15 is 0 Å². The van der Waals surface area contributed by atoms with Crippen molar-refractivity contribution in [3.05, 3.63) is 35.3 Å². The van der Waals surface area contributed by atoms with Crippen LogP contribution in [0.5, 0.6) is 5.75 Å². The van der Waals surface area contributed by atoms with Gasteiger partial charge in [0.2, 0.25) is 0 Å². The summed E-state index contributed by atoms with van der Waals surface area (Å²) in [6.07, 6.45) is -4.52. The summed E-state index contributed by atoms with van der Waals surface area (Å²) in [6.45, 7) is 1.95. The van der Waals surface area contributed by atoms with Crippen molar-refractivity contribution in [1.29, 1.82) is 0 Å². The van der Waals surface area contributed by atoms with Gasteiger partial charge in [-0.2, -0.15) is 13.2 Å². The standard InChI is InChI=1S/C15H15F3N4O2S/c16-15(17,18)12-9-25-13(19-12)20-14(24)22-6-4-21(5-7-22)10-2-1-3-11(23)8-10/h1-3,8-9,23H,4-7H2,(H,19,20,24). The molecule has 0 atom stereocenters. The van der Waals surface area contributed by atoms with Gasteiger partial charge < -0.3 is 14.9 Å². The Morgan fingerprint density at radius 3 is 2.56 bits per heavy atom. The van der Waals surface area contributed by atoms with E-state index in [0.717, 1.165) is 22.4 Å². The molecular formula is C15H15F3N4O2S. The number of rotatable bonds is 2. The van der Waals surface area contributed by atoms with Crippen LogP contribution < -0.4 is 10.2 Å². The predicted octanol–water partition coefficient (Wildman–Crippen LogP) is 3.22. The van der Waals surface area contributed by atoms with E-state index in [9.17, 15) is 23.1 Å². The zero-order valence-corrected chi connectivity index (χ0v) is 13.8. The lowest BCUT2D eigenvalue weighted by Crippen LogP contribution is -2.50. The van der Waals surface area contributed by atoms with Gasteiger partial charge in [0.15, 0.2) is 10.8 Å². The Balaban J connectivity index is 1.56. The fourth-order valence-electron chi connectivity index (χ4n) is 2.49. The third-order valence-corrected chi connectivity index (χ3v) is 4.53. The van der Waals surface area contributed by atoms with Gasteiger partial charge in [0.25, 0.3) is 0 Å². The number of thiazole rings is 1. The van der Waals surface area contributed by atoms with Crippen LogP contribution in [-0.4, -0.2) is 47.2 Å². The molecule has 2 heterocycles. The largest absolute Gasteiger partial charge is 0.508 e. The molecule has 2 amide bonds. The van der Waals surface area contributed by atoms with Crippen molar-refractivity contribution >= 4 is 28.2 Å². The van der Waals surface area contributed by atoms with Crippen LogP contribution in [0.4, 0.5) is 28.8 Å². The number of alkyl halides is 3. The zero-order valence-electron chi connectivity index (χ0n) is 13.0. The van der Waals surface area contributed by atoms with Crippen molar-refractivity contribution in [2.75, 3.05) is 36.4 Å². The Hall–Kier alpha value is -2.49. The van der Waals surface area contributed by atoms with Gasteiger partial charge in [-0.15, -0.1) is 11.3 Å². The molecule has 2 N–H and O–H groups in total. The second kappa shape index (κ2) is 6.79. The monoisotopic (exact) mass is 372 g/mol. The average Bonchev–Trinajstić information content (AvgIpc) is 3.04. The summed E-state index contributed by atoms with van der Waals surface area (Å²) in [7, 11) is 0. The summed E-state index contributed by atoms with van der Waals surface area (Å²) in [6, 6.07) is 6.35. The Morgan fingerprint density at radius 1 is 1.24 bits per heavy atom. The predicted molar refractivity (Wildman–Crippen MR) is 88.0 cm³/mol. The number of hydrogen-bond donors (Lipinski definition) is 2. The summed E-state index contributed by atoms with van der Waals surface area (Å²) < 4.78 is 37.6. The molecule has 1 saturated heterocycles. The number of anilines is 2. The Kier molecular flexibility index (Phi) is 4.71. The van der Waals surface area contributed by atoms with E-state index in [4.69, 9.17) is 0 Å². The number of phenols is 1. The number of nitrogens with one attached hydrogen (secondary N) is 1. The molecule has 1 aromatic heterocycles. The topological polar surface area (TPSA) is 68.7 Å². The van der Waals surface area contributed by atoms with E-state index < -0.39 is 17.9 Å². The van der Waals surface area contributed by atoms with Gasteiger partial charge in [0, 0.05) is 43.3 Å². The van der Waals surface area contributed by atoms with Gasteiger partial charge in [-0.05, 0) is 12.1 Å². The number of aromatic hydroxyl groups is 1. The molecular weight excluding hydrogens is 357 g/mol. The first-order valence-corrected chi connectivity index (χ1v) is 8.33. The minimum absolute atomic E-state index is 0.0762. The van der Waals surface area contributed by atoms with Crippen LogP contribution in [0.2, 0.25) is 0 Å². The summed E-state index contributed by atoms with van der Waals surface area (Å²) in [5.74, 6) is 0.168. The molecule has 1 aliphatic heterocycles. The number of amides is 2. The molecule has 25 heavy (non-hydrogen) atoms. The third-order valence-electron chi connectivity index (χ3n) is 3.77. The number of nitrogens with zero attached hydrogens (tertiary/aromatic N) is 3. The van der Waals surface area contributed by atoms with Crippen molar-refractivity contribution in [2.24, 2.45) is 0 Å². The van der Waals surface area contributed by atoms with Crippen LogP contribution in [-0.2, 0) is 6.18 Å². The van der Waals surface area contributed by atoms with Crippen LogP contribution in [0.3, 0.4) is 0 Å². The van der Waals surface area contributed by atoms with Crippen LogP contribution in [0.1, 0.15) is 5.69 Å². The summed E-state index contributed by atoms with van der Waals surface area (Å²) >= 11 is 0.740. The molecule has 1 fully saturated rings. The molecule has 10 heteroatoms. The molecule has 0 bridgehead atoms. The van der Waals surface area contributed by atoms with E-state index in [1.165, 1.54) is 4.90 Å². The van der Waals surface area contributed by atoms with E-state index in [-0.39, 0.29) is 10.9 Å². The molecule has 6 nitrogen and oxygen atoms in total. The second-order valence-electron chi connectivity index (χ2n) is 5.46. The lowest BCUT2D eigenvalue weighted by molar-refractivity contribution is -0.140. The number of halogens is 3. The third kappa shape index (κ3) is 4.13. The van der Waals surface area contributed by atoms with Crippen molar-refractivity contribution in [1.82, 2.24) is 9.88 Å². The number of benzene rings is 1. The molecule has 1 aliphatic rings. The molecule has 1 aromatic carbocycles. The highest BCUT2D eigenvalue weighted by atomic mass is 32.1. The van der Waals surface area contributed by atoms with Crippen LogP contribution in [0.15, 0.2) is 29.6 Å². The van der Waals surface area contributed by atoms with Gasteiger partial charge in [0.05, 0.1) is 0 Å². The van der Waals surface area contributed by atoms with E-state index in [1.54, 1.807) is 18.2 Å². The van der Waals surface area contributed by atoms with Crippen molar-refractivity contribution in [2.45, 2.75) is 6.18 Å². The highest BCUT2D eigenvalue weighted by Crippen LogP contribution is 2.31. The maximum Gasteiger partial charge on any atom is 0.434 e. The summed E-state index contributed by atoms with van der Waals surface area (Å²) in [5, 5.41) is 12.7. The molecule has 0 spiro atoms. The SMILES string of the molecule is O=C(Nc1nc(C(F)(F)F)cs1)N1CCN(c2cccc(O)c2)CC1. The fourth-order valence-corrected chi connectivity index (χ4v) is 3.20. The average molecular weight is 372 g/mol. The smallest absolute Gasteiger partial charge is 0.434 e. The van der Waals surface area contributed by atoms with Crippen LogP contribution in [0, 0.1) is 0 Å². The minimum Gasteiger partial charge on any atom is -0.508 e. The highest BCUT2D eigenvalue weighted by Gasteiger charge is 2.34. The van der Waals surface area contributed by atoms with Crippen LogP contribution in [0.25, 0.3) is 0 Å². The van der Waals surface area contributed by atoms with Crippen LogP contribution >= 0.6 is 11.3 Å². The number of hydrogen-bond acceptors (Lipinski definition) is 5. The molecule has 134 valence electrons. The number of aromatic nitrogens is 1. The highest BCUT2D eigenvalue weighted by molar-refractivity contribution is 7.13. The van der Waals surface area contributed by atoms with E-state index in [2.05, 4.69) is 10.3 Å². The Morgan fingerprint density at radius 2 is 1.96 bits per heavy atom. The number of urea groups is 1. The lowest BCUT2D eigenvalue weighted by Gasteiger charge is -2.35. The molecule has 0 radical (unpaired) electrons. The zero-order chi connectivity index (χ0) is 18.0. The first-order valence-electron chi connectivity index (χ1n) is 7.45. The minimum atomic E-state index is -4.52. The van der Waals surface area contributed by atoms with Gasteiger partial charge in [-0.3, -0.25) is 5.32 Å². The Bertz CT molecular complexity index is 757. The maximum absolute atomic E-state index is 12.5. The first kappa shape index (κ1) is 17.3. The normalized spacial score (nSPS) is 15.3. The number of piperazine rings is 1. The van der Waals surface area contributed by atoms with Gasteiger partial charge in [-0.1, -0.05) is 6.07 Å².